The molecule has 1 aliphatic carbocycles. The summed E-state index contributed by atoms with van der Waals surface area (Å²) in [6.07, 6.45) is 7.96. The molecule has 1 aliphatic heterocycles. The maximum Gasteiger partial charge on any atom is 0.319 e. The molecule has 0 saturated heterocycles. The molecule has 0 unspecified atom stereocenters. The van der Waals surface area contributed by atoms with Gasteiger partial charge in [0.2, 0.25) is 5.91 Å². The second kappa shape index (κ2) is 8.74. The zero-order chi connectivity index (χ0) is 18.4. The maximum atomic E-state index is 12.2. The van der Waals surface area contributed by atoms with Gasteiger partial charge in [0.25, 0.3) is 0 Å². The van der Waals surface area contributed by atoms with E-state index in [1.807, 2.05) is 18.2 Å². The van der Waals surface area contributed by atoms with Gasteiger partial charge in [0, 0.05) is 18.3 Å². The molecule has 3 rings (SSSR count). The van der Waals surface area contributed by atoms with Gasteiger partial charge in [-0.25, -0.2) is 4.79 Å². The Hall–Kier alpha value is -2.50. The molecule has 1 aromatic rings. The second-order valence-corrected chi connectivity index (χ2v) is 7.00. The Balaban J connectivity index is 1.58. The standard InChI is InChI=1S/C20H27N3O3/c1-2-10-21-19(24)15-11-14-12-17(8-9-18(14)26-13-15)23-20(25)22-16-6-4-3-5-7-16/h2,8-9,12,15-16H,1,3-7,10-11,13H2,(H,21,24)(H2,22,23,25)/t15-/m1/s1. The van der Waals surface area contributed by atoms with Crippen molar-refractivity contribution in [2.24, 2.45) is 5.92 Å². The Kier molecular flexibility index (Phi) is 6.15. The van der Waals surface area contributed by atoms with E-state index in [0.29, 0.717) is 25.3 Å². The summed E-state index contributed by atoms with van der Waals surface area (Å²) in [6, 6.07) is 5.67. The first-order valence-electron chi connectivity index (χ1n) is 9.37. The molecule has 1 aromatic carbocycles. The molecular weight excluding hydrogens is 330 g/mol. The topological polar surface area (TPSA) is 79.5 Å². The van der Waals surface area contributed by atoms with Crippen molar-refractivity contribution in [1.82, 2.24) is 10.6 Å². The molecule has 2 aliphatic rings. The van der Waals surface area contributed by atoms with Gasteiger partial charge in [-0.2, -0.15) is 0 Å². The van der Waals surface area contributed by atoms with E-state index in [9.17, 15) is 9.59 Å². The highest BCUT2D eigenvalue weighted by molar-refractivity contribution is 5.89. The SMILES string of the molecule is C=CCNC(=O)[C@H]1COc2ccc(NC(=O)NC3CCCCC3)cc2C1. The van der Waals surface area contributed by atoms with E-state index < -0.39 is 0 Å². The van der Waals surface area contributed by atoms with Crippen molar-refractivity contribution >= 4 is 17.6 Å². The Bertz CT molecular complexity index is 668. The summed E-state index contributed by atoms with van der Waals surface area (Å²) in [6.45, 7) is 4.42. The van der Waals surface area contributed by atoms with Gasteiger partial charge >= 0.3 is 6.03 Å². The number of hydrogen-bond donors (Lipinski definition) is 3. The quantitative estimate of drug-likeness (QED) is 0.709. The number of benzene rings is 1. The number of nitrogens with one attached hydrogen (secondary N) is 3. The van der Waals surface area contributed by atoms with Crippen LogP contribution in [0.4, 0.5) is 10.5 Å². The van der Waals surface area contributed by atoms with Gasteiger partial charge < -0.3 is 20.7 Å². The minimum absolute atomic E-state index is 0.0380. The van der Waals surface area contributed by atoms with Crippen LogP contribution in [0.2, 0.25) is 0 Å². The van der Waals surface area contributed by atoms with Crippen molar-refractivity contribution in [3.63, 3.8) is 0 Å². The summed E-state index contributed by atoms with van der Waals surface area (Å²) in [4.78, 5) is 24.3. The summed E-state index contributed by atoms with van der Waals surface area (Å²) >= 11 is 0. The number of ether oxygens (including phenoxy) is 1. The molecule has 6 nitrogen and oxygen atoms in total. The largest absolute Gasteiger partial charge is 0.492 e. The minimum Gasteiger partial charge on any atom is -0.492 e. The molecule has 1 heterocycles. The van der Waals surface area contributed by atoms with Crippen LogP contribution < -0.4 is 20.7 Å². The number of fused-ring (bicyclic) bond motifs is 1. The molecule has 140 valence electrons. The summed E-state index contributed by atoms with van der Waals surface area (Å²) in [5.74, 6) is 0.508. The van der Waals surface area contributed by atoms with E-state index >= 15 is 0 Å². The predicted molar refractivity (Wildman–Crippen MR) is 101 cm³/mol. The number of hydrogen-bond acceptors (Lipinski definition) is 3. The van der Waals surface area contributed by atoms with Crippen molar-refractivity contribution in [3.8, 4) is 5.75 Å². The number of rotatable bonds is 5. The zero-order valence-electron chi connectivity index (χ0n) is 15.1. The van der Waals surface area contributed by atoms with Crippen LogP contribution in [-0.4, -0.2) is 31.1 Å². The molecule has 0 radical (unpaired) electrons. The molecule has 0 spiro atoms. The first-order chi connectivity index (χ1) is 12.7. The third kappa shape index (κ3) is 4.77. The number of amides is 3. The number of urea groups is 1. The fraction of sp³-hybridized carbons (Fsp3) is 0.500. The highest BCUT2D eigenvalue weighted by Crippen LogP contribution is 2.30. The average Bonchev–Trinajstić information content (AvgIpc) is 2.66. The monoisotopic (exact) mass is 357 g/mol. The number of carbonyl (C=O) groups excluding carboxylic acids is 2. The molecule has 0 bridgehead atoms. The van der Waals surface area contributed by atoms with Crippen molar-refractivity contribution in [2.45, 2.75) is 44.6 Å². The van der Waals surface area contributed by atoms with Gasteiger partial charge in [-0.05, 0) is 43.0 Å². The fourth-order valence-corrected chi connectivity index (χ4v) is 3.56. The van der Waals surface area contributed by atoms with E-state index in [1.165, 1.54) is 19.3 Å². The molecule has 1 atom stereocenters. The van der Waals surface area contributed by atoms with Crippen molar-refractivity contribution in [2.75, 3.05) is 18.5 Å². The summed E-state index contributed by atoms with van der Waals surface area (Å²) in [5.41, 5.74) is 1.65. The molecule has 6 heteroatoms. The normalized spacial score (nSPS) is 19.6. The Morgan fingerprint density at radius 2 is 2.04 bits per heavy atom. The van der Waals surface area contributed by atoms with Gasteiger partial charge in [-0.3, -0.25) is 4.79 Å². The summed E-state index contributed by atoms with van der Waals surface area (Å²) in [5, 5.41) is 8.75. The van der Waals surface area contributed by atoms with Crippen LogP contribution in [0.3, 0.4) is 0 Å². The van der Waals surface area contributed by atoms with Crippen molar-refractivity contribution in [3.05, 3.63) is 36.4 Å². The van der Waals surface area contributed by atoms with Crippen LogP contribution in [0.5, 0.6) is 5.75 Å². The van der Waals surface area contributed by atoms with Crippen LogP contribution in [0.25, 0.3) is 0 Å². The molecule has 0 aromatic heterocycles. The molecule has 3 amide bonds. The summed E-state index contributed by atoms with van der Waals surface area (Å²) in [7, 11) is 0. The number of carbonyl (C=O) groups is 2. The van der Waals surface area contributed by atoms with E-state index in [2.05, 4.69) is 22.5 Å². The van der Waals surface area contributed by atoms with Crippen LogP contribution in [-0.2, 0) is 11.2 Å². The third-order valence-electron chi connectivity index (χ3n) is 4.96. The smallest absolute Gasteiger partial charge is 0.319 e. The second-order valence-electron chi connectivity index (χ2n) is 7.00. The first kappa shape index (κ1) is 18.3. The Morgan fingerprint density at radius 3 is 2.81 bits per heavy atom. The van der Waals surface area contributed by atoms with Crippen molar-refractivity contribution in [1.29, 1.82) is 0 Å². The molecule has 26 heavy (non-hydrogen) atoms. The van der Waals surface area contributed by atoms with Crippen LogP contribution in [0, 0.1) is 5.92 Å². The van der Waals surface area contributed by atoms with Crippen molar-refractivity contribution < 1.29 is 14.3 Å². The maximum absolute atomic E-state index is 12.2. The Labute approximate surface area is 154 Å². The van der Waals surface area contributed by atoms with Crippen LogP contribution in [0.15, 0.2) is 30.9 Å². The lowest BCUT2D eigenvalue weighted by Crippen LogP contribution is -2.39. The molecule has 3 N–H and O–H groups in total. The first-order valence-corrected chi connectivity index (χ1v) is 9.37. The average molecular weight is 357 g/mol. The molecule has 1 fully saturated rings. The molecular formula is C20H27N3O3. The predicted octanol–water partition coefficient (Wildman–Crippen LogP) is 2.99. The highest BCUT2D eigenvalue weighted by Gasteiger charge is 2.26. The van der Waals surface area contributed by atoms with Crippen LogP contribution >= 0.6 is 0 Å². The van der Waals surface area contributed by atoms with Gasteiger partial charge in [0.05, 0.1) is 5.92 Å². The third-order valence-corrected chi connectivity index (χ3v) is 4.96. The van der Waals surface area contributed by atoms with E-state index in [0.717, 1.165) is 24.2 Å². The lowest BCUT2D eigenvalue weighted by molar-refractivity contribution is -0.126. The lowest BCUT2D eigenvalue weighted by Gasteiger charge is -2.25. The van der Waals surface area contributed by atoms with Gasteiger partial charge in [-0.15, -0.1) is 6.58 Å². The van der Waals surface area contributed by atoms with E-state index in [4.69, 9.17) is 4.74 Å². The van der Waals surface area contributed by atoms with Gasteiger partial charge in [0.1, 0.15) is 12.4 Å². The summed E-state index contributed by atoms with van der Waals surface area (Å²) < 4.78 is 5.70. The molecule has 1 saturated carbocycles. The number of anilines is 1. The lowest BCUT2D eigenvalue weighted by atomic mass is 9.95. The van der Waals surface area contributed by atoms with Gasteiger partial charge in [0.15, 0.2) is 0 Å². The Morgan fingerprint density at radius 1 is 1.23 bits per heavy atom. The highest BCUT2D eigenvalue weighted by atomic mass is 16.5. The van der Waals surface area contributed by atoms with E-state index in [1.54, 1.807) is 6.08 Å². The fourth-order valence-electron chi connectivity index (χ4n) is 3.56. The zero-order valence-corrected chi connectivity index (χ0v) is 15.1. The minimum atomic E-state index is -0.228. The van der Waals surface area contributed by atoms with Crippen LogP contribution in [0.1, 0.15) is 37.7 Å². The van der Waals surface area contributed by atoms with Gasteiger partial charge in [-0.1, -0.05) is 25.3 Å². The van der Waals surface area contributed by atoms with E-state index in [-0.39, 0.29) is 23.9 Å².